The van der Waals surface area contributed by atoms with Gasteiger partial charge in [0, 0.05) is 18.1 Å². The predicted octanol–water partition coefficient (Wildman–Crippen LogP) is 4.63. The Hall–Kier alpha value is -2.15. The predicted molar refractivity (Wildman–Crippen MR) is 109 cm³/mol. The molecule has 7 heteroatoms. The maximum atomic E-state index is 13.0. The monoisotopic (exact) mass is 414 g/mol. The average molecular weight is 415 g/mol. The molecule has 5 nitrogen and oxygen atoms in total. The van der Waals surface area contributed by atoms with Crippen LogP contribution in [0.2, 0.25) is 5.02 Å². The van der Waals surface area contributed by atoms with E-state index in [0.717, 1.165) is 28.6 Å². The van der Waals surface area contributed by atoms with E-state index in [4.69, 9.17) is 21.1 Å². The van der Waals surface area contributed by atoms with Crippen molar-refractivity contribution < 1.29 is 14.3 Å². The molecule has 2 fully saturated rings. The summed E-state index contributed by atoms with van der Waals surface area (Å²) >= 11 is 7.50. The van der Waals surface area contributed by atoms with Crippen molar-refractivity contribution in [2.45, 2.75) is 18.3 Å². The van der Waals surface area contributed by atoms with Crippen molar-refractivity contribution in [1.82, 2.24) is 9.88 Å². The molecule has 5 rings (SSSR count). The van der Waals surface area contributed by atoms with Crippen LogP contribution in [0.5, 0.6) is 10.9 Å². The lowest BCUT2D eigenvalue weighted by Crippen LogP contribution is -2.45. The molecule has 2 heterocycles. The van der Waals surface area contributed by atoms with Crippen LogP contribution in [0.15, 0.2) is 42.5 Å². The molecule has 1 aliphatic carbocycles. The molecule has 28 heavy (non-hydrogen) atoms. The molecular formula is C21H19ClN2O3S. The highest BCUT2D eigenvalue weighted by Crippen LogP contribution is 2.50. The number of halogens is 1. The molecule has 1 saturated heterocycles. The molecule has 0 unspecified atom stereocenters. The number of aromatic nitrogens is 1. The minimum atomic E-state index is -0.359. The van der Waals surface area contributed by atoms with Gasteiger partial charge in [-0.2, -0.15) is 0 Å². The maximum absolute atomic E-state index is 13.0. The van der Waals surface area contributed by atoms with E-state index in [2.05, 4.69) is 4.98 Å². The zero-order valence-corrected chi connectivity index (χ0v) is 16.8. The molecule has 0 atom stereocenters. The van der Waals surface area contributed by atoms with Crippen molar-refractivity contribution in [1.29, 1.82) is 0 Å². The number of ether oxygens (including phenoxy) is 2. The minimum Gasteiger partial charge on any atom is -0.431 e. The van der Waals surface area contributed by atoms with E-state index in [1.807, 2.05) is 47.4 Å². The molecular weight excluding hydrogens is 396 g/mol. The van der Waals surface area contributed by atoms with Crippen LogP contribution >= 0.6 is 22.9 Å². The van der Waals surface area contributed by atoms with Gasteiger partial charge in [-0.05, 0) is 48.7 Å². The van der Waals surface area contributed by atoms with Crippen molar-refractivity contribution in [3.63, 3.8) is 0 Å². The molecule has 0 bridgehead atoms. The van der Waals surface area contributed by atoms with E-state index in [-0.39, 0.29) is 11.3 Å². The minimum absolute atomic E-state index is 0.229. The van der Waals surface area contributed by atoms with E-state index in [9.17, 15) is 4.79 Å². The number of morpholine rings is 1. The summed E-state index contributed by atoms with van der Waals surface area (Å²) in [5, 5.41) is 1.27. The summed E-state index contributed by atoms with van der Waals surface area (Å²) in [5.74, 6) is 0.941. The SMILES string of the molecule is O=C(N1CCOCC1)C1(c2ccc(Oc3nc4ccc(Cl)cc4s3)cc2)CC1. The van der Waals surface area contributed by atoms with E-state index in [1.54, 1.807) is 0 Å². The van der Waals surface area contributed by atoms with Crippen LogP contribution in [0.4, 0.5) is 0 Å². The number of thiazole rings is 1. The fourth-order valence-corrected chi connectivity index (χ4v) is 4.79. The molecule has 2 aliphatic rings. The van der Waals surface area contributed by atoms with Gasteiger partial charge >= 0.3 is 0 Å². The number of hydrogen-bond acceptors (Lipinski definition) is 5. The van der Waals surface area contributed by atoms with Crippen molar-refractivity contribution in [3.8, 4) is 10.9 Å². The standard InChI is InChI=1S/C21H19ClN2O3S/c22-15-3-6-17-18(13-15)28-20(23-17)27-16-4-1-14(2-5-16)21(7-8-21)19(25)24-9-11-26-12-10-24/h1-6,13H,7-12H2. The lowest BCUT2D eigenvalue weighted by molar-refractivity contribution is -0.138. The number of fused-ring (bicyclic) bond motifs is 1. The van der Waals surface area contributed by atoms with Gasteiger partial charge in [0.05, 0.1) is 28.8 Å². The summed E-state index contributed by atoms with van der Waals surface area (Å²) in [7, 11) is 0. The van der Waals surface area contributed by atoms with E-state index >= 15 is 0 Å². The van der Waals surface area contributed by atoms with Crippen LogP contribution in [-0.4, -0.2) is 42.1 Å². The lowest BCUT2D eigenvalue weighted by atomic mass is 9.94. The van der Waals surface area contributed by atoms with Crippen LogP contribution in [0.1, 0.15) is 18.4 Å². The molecule has 1 saturated carbocycles. The van der Waals surface area contributed by atoms with Gasteiger partial charge in [-0.15, -0.1) is 0 Å². The number of rotatable bonds is 4. The smallest absolute Gasteiger partial charge is 0.279 e. The van der Waals surface area contributed by atoms with Crippen molar-refractivity contribution in [3.05, 3.63) is 53.1 Å². The normalized spacial score (nSPS) is 18.2. The summed E-state index contributed by atoms with van der Waals surface area (Å²) < 4.78 is 12.3. The Morgan fingerprint density at radius 1 is 1.14 bits per heavy atom. The summed E-state index contributed by atoms with van der Waals surface area (Å²) in [5.41, 5.74) is 1.57. The van der Waals surface area contributed by atoms with E-state index in [0.29, 0.717) is 42.3 Å². The zero-order valence-electron chi connectivity index (χ0n) is 15.2. The van der Waals surface area contributed by atoms with Gasteiger partial charge in [0.2, 0.25) is 5.91 Å². The third-order valence-electron chi connectivity index (χ3n) is 5.40. The van der Waals surface area contributed by atoms with Gasteiger partial charge < -0.3 is 14.4 Å². The van der Waals surface area contributed by atoms with E-state index < -0.39 is 0 Å². The Kier molecular flexibility index (Phi) is 4.50. The molecule has 0 spiro atoms. The lowest BCUT2D eigenvalue weighted by Gasteiger charge is -2.30. The average Bonchev–Trinajstić information content (AvgIpc) is 3.44. The van der Waals surface area contributed by atoms with Gasteiger partial charge in [-0.1, -0.05) is 35.1 Å². The third-order valence-corrected chi connectivity index (χ3v) is 6.53. The number of nitrogens with zero attached hydrogens (tertiary/aromatic N) is 2. The molecule has 2 aromatic carbocycles. The van der Waals surface area contributed by atoms with Crippen LogP contribution < -0.4 is 4.74 Å². The number of carbonyl (C=O) groups is 1. The van der Waals surface area contributed by atoms with Gasteiger partial charge in [0.1, 0.15) is 5.75 Å². The Morgan fingerprint density at radius 2 is 1.89 bits per heavy atom. The second kappa shape index (κ2) is 7.03. The molecule has 144 valence electrons. The number of carbonyl (C=O) groups excluding carboxylic acids is 1. The first-order chi connectivity index (χ1) is 13.6. The molecule has 1 amide bonds. The summed E-state index contributed by atoms with van der Waals surface area (Å²) in [4.78, 5) is 19.4. The molecule has 0 radical (unpaired) electrons. The number of amides is 1. The van der Waals surface area contributed by atoms with Crippen molar-refractivity contribution >= 4 is 39.1 Å². The van der Waals surface area contributed by atoms with E-state index in [1.165, 1.54) is 11.3 Å². The Morgan fingerprint density at radius 3 is 2.61 bits per heavy atom. The van der Waals surface area contributed by atoms with Crippen LogP contribution in [-0.2, 0) is 14.9 Å². The number of hydrogen-bond donors (Lipinski definition) is 0. The first-order valence-corrected chi connectivity index (χ1v) is 10.6. The fourth-order valence-electron chi connectivity index (χ4n) is 3.68. The summed E-state index contributed by atoms with van der Waals surface area (Å²) in [6.07, 6.45) is 1.81. The summed E-state index contributed by atoms with van der Waals surface area (Å²) in [6.45, 7) is 2.62. The summed E-state index contributed by atoms with van der Waals surface area (Å²) in [6, 6.07) is 13.4. The highest BCUT2D eigenvalue weighted by molar-refractivity contribution is 7.20. The highest BCUT2D eigenvalue weighted by Gasteiger charge is 2.53. The molecule has 1 aliphatic heterocycles. The molecule has 1 aromatic heterocycles. The van der Waals surface area contributed by atoms with Crippen LogP contribution in [0.3, 0.4) is 0 Å². The second-order valence-corrected chi connectivity index (χ2v) is 8.63. The van der Waals surface area contributed by atoms with Gasteiger partial charge in [0.25, 0.3) is 5.19 Å². The molecule has 0 N–H and O–H groups in total. The fraction of sp³-hybridized carbons (Fsp3) is 0.333. The van der Waals surface area contributed by atoms with Crippen molar-refractivity contribution in [2.24, 2.45) is 0 Å². The number of benzene rings is 2. The van der Waals surface area contributed by atoms with Gasteiger partial charge in [-0.3, -0.25) is 4.79 Å². The topological polar surface area (TPSA) is 51.7 Å². The third kappa shape index (κ3) is 3.26. The quantitative estimate of drug-likeness (QED) is 0.624. The Labute approximate surface area is 171 Å². The van der Waals surface area contributed by atoms with Gasteiger partial charge in [-0.25, -0.2) is 4.98 Å². The Bertz CT molecular complexity index is 1020. The van der Waals surface area contributed by atoms with Crippen LogP contribution in [0.25, 0.3) is 10.2 Å². The first kappa shape index (κ1) is 17.9. The first-order valence-electron chi connectivity index (χ1n) is 9.36. The van der Waals surface area contributed by atoms with Crippen molar-refractivity contribution in [2.75, 3.05) is 26.3 Å². The highest BCUT2D eigenvalue weighted by atomic mass is 35.5. The maximum Gasteiger partial charge on any atom is 0.279 e. The largest absolute Gasteiger partial charge is 0.431 e. The Balaban J connectivity index is 1.33. The van der Waals surface area contributed by atoms with Gasteiger partial charge in [0.15, 0.2) is 0 Å². The second-order valence-electron chi connectivity index (χ2n) is 7.20. The van der Waals surface area contributed by atoms with Crippen LogP contribution in [0, 0.1) is 0 Å². The molecule has 3 aromatic rings. The zero-order chi connectivity index (χ0) is 19.1.